The van der Waals surface area contributed by atoms with Crippen molar-refractivity contribution in [2.24, 2.45) is 5.73 Å². The Labute approximate surface area is 103 Å². The fourth-order valence-electron chi connectivity index (χ4n) is 2.75. The van der Waals surface area contributed by atoms with Gasteiger partial charge in [0.2, 0.25) is 0 Å². The molecule has 96 valence electrons. The molecule has 0 bridgehead atoms. The van der Waals surface area contributed by atoms with Crippen LogP contribution in [0.2, 0.25) is 0 Å². The number of nitrogens with two attached hydrogens (primary N) is 1. The van der Waals surface area contributed by atoms with E-state index in [1.54, 1.807) is 0 Å². The smallest absolute Gasteiger partial charge is 0.326 e. The van der Waals surface area contributed by atoms with Crippen LogP contribution in [0.25, 0.3) is 0 Å². The number of ether oxygens (including phenoxy) is 2. The first kappa shape index (κ1) is 15.7. The lowest BCUT2D eigenvalue weighted by Gasteiger charge is -2.48. The Morgan fingerprint density at radius 1 is 1.19 bits per heavy atom. The molecule has 0 spiro atoms. The van der Waals surface area contributed by atoms with Gasteiger partial charge in [-0.15, -0.1) is 12.4 Å². The zero-order valence-electron chi connectivity index (χ0n) is 10.6. The number of methoxy groups -OCH3 is 1. The van der Waals surface area contributed by atoms with Crippen molar-refractivity contribution in [3.63, 3.8) is 0 Å². The van der Waals surface area contributed by atoms with Crippen LogP contribution in [0.4, 0.5) is 0 Å². The van der Waals surface area contributed by atoms with Crippen molar-refractivity contribution in [2.75, 3.05) is 7.11 Å². The molecule has 0 atom stereocenters. The second-order valence-electron chi connectivity index (χ2n) is 5.62. The molecule has 0 unspecified atom stereocenters. The summed E-state index contributed by atoms with van der Waals surface area (Å²) in [6.45, 7) is 7.77. The summed E-state index contributed by atoms with van der Waals surface area (Å²) in [4.78, 5) is 11.7. The molecular weight excluding hydrogens is 230 g/mol. The van der Waals surface area contributed by atoms with Gasteiger partial charge in [0.15, 0.2) is 0 Å². The van der Waals surface area contributed by atoms with E-state index in [2.05, 4.69) is 0 Å². The predicted molar refractivity (Wildman–Crippen MR) is 64.7 cm³/mol. The van der Waals surface area contributed by atoms with Crippen LogP contribution >= 0.6 is 12.4 Å². The number of carbonyl (C=O) groups is 1. The number of carbonyl (C=O) groups excluding carboxylic acids is 1. The molecule has 0 aromatic heterocycles. The molecule has 1 fully saturated rings. The van der Waals surface area contributed by atoms with Crippen LogP contribution in [-0.2, 0) is 14.3 Å². The summed E-state index contributed by atoms with van der Waals surface area (Å²) in [6.07, 6.45) is 0.964. The molecule has 0 saturated carbocycles. The molecular formula is C11H22ClNO3. The molecule has 2 N–H and O–H groups in total. The summed E-state index contributed by atoms with van der Waals surface area (Å²) in [6, 6.07) is 0. The first-order chi connectivity index (χ1) is 6.60. The number of hydrogen-bond donors (Lipinski definition) is 1. The topological polar surface area (TPSA) is 61.5 Å². The zero-order chi connectivity index (χ0) is 11.9. The SMILES string of the molecule is COC(=O)C1(N)CC(C)(C)OC(C)(C)C1.Cl. The molecule has 1 rings (SSSR count). The summed E-state index contributed by atoms with van der Waals surface area (Å²) in [5.74, 6) is -0.355. The highest BCUT2D eigenvalue weighted by molar-refractivity contribution is 5.85. The summed E-state index contributed by atoms with van der Waals surface area (Å²) >= 11 is 0. The normalized spacial score (nSPS) is 25.4. The van der Waals surface area contributed by atoms with Gasteiger partial charge in [0.05, 0.1) is 18.3 Å². The average Bonchev–Trinajstić information content (AvgIpc) is 1.95. The lowest BCUT2D eigenvalue weighted by Crippen LogP contribution is -2.62. The highest BCUT2D eigenvalue weighted by Crippen LogP contribution is 2.40. The maximum atomic E-state index is 11.7. The molecule has 1 aliphatic rings. The number of rotatable bonds is 1. The summed E-state index contributed by atoms with van der Waals surface area (Å²) in [5.41, 5.74) is 4.38. The third kappa shape index (κ3) is 3.34. The van der Waals surface area contributed by atoms with E-state index >= 15 is 0 Å². The lowest BCUT2D eigenvalue weighted by atomic mass is 9.75. The first-order valence-electron chi connectivity index (χ1n) is 5.18. The van der Waals surface area contributed by atoms with Gasteiger partial charge in [0.1, 0.15) is 5.54 Å². The Hall–Kier alpha value is -0.320. The maximum absolute atomic E-state index is 11.7. The quantitative estimate of drug-likeness (QED) is 0.720. The predicted octanol–water partition coefficient (Wildman–Crippen LogP) is 1.65. The van der Waals surface area contributed by atoms with E-state index in [0.717, 1.165) is 0 Å². The zero-order valence-corrected chi connectivity index (χ0v) is 11.4. The summed E-state index contributed by atoms with van der Waals surface area (Å²) in [5, 5.41) is 0. The molecule has 1 heterocycles. The average molecular weight is 252 g/mol. The second-order valence-corrected chi connectivity index (χ2v) is 5.62. The molecule has 5 heteroatoms. The van der Waals surface area contributed by atoms with E-state index < -0.39 is 16.7 Å². The molecule has 1 aliphatic heterocycles. The maximum Gasteiger partial charge on any atom is 0.326 e. The summed E-state index contributed by atoms with van der Waals surface area (Å²) in [7, 11) is 1.37. The highest BCUT2D eigenvalue weighted by Gasteiger charge is 2.51. The van der Waals surface area contributed by atoms with Crippen LogP contribution in [0.3, 0.4) is 0 Å². The molecule has 0 aromatic rings. The van der Waals surface area contributed by atoms with Gasteiger partial charge >= 0.3 is 5.97 Å². The molecule has 4 nitrogen and oxygen atoms in total. The van der Waals surface area contributed by atoms with E-state index in [1.807, 2.05) is 27.7 Å². The monoisotopic (exact) mass is 251 g/mol. The minimum atomic E-state index is -0.931. The standard InChI is InChI=1S/C11H21NO3.ClH/c1-9(2)6-11(12,8(13)14-5)7-10(3,4)15-9;/h6-7,12H2,1-5H3;1H. The number of esters is 1. The number of hydrogen-bond acceptors (Lipinski definition) is 4. The van der Waals surface area contributed by atoms with Crippen molar-refractivity contribution in [1.29, 1.82) is 0 Å². The molecule has 16 heavy (non-hydrogen) atoms. The first-order valence-corrected chi connectivity index (χ1v) is 5.18. The van der Waals surface area contributed by atoms with E-state index in [4.69, 9.17) is 15.2 Å². The van der Waals surface area contributed by atoms with Crippen molar-refractivity contribution in [3.8, 4) is 0 Å². The minimum absolute atomic E-state index is 0. The van der Waals surface area contributed by atoms with Crippen molar-refractivity contribution in [2.45, 2.75) is 57.3 Å². The van der Waals surface area contributed by atoms with E-state index in [9.17, 15) is 4.79 Å². The third-order valence-electron chi connectivity index (χ3n) is 2.63. The van der Waals surface area contributed by atoms with Crippen molar-refractivity contribution >= 4 is 18.4 Å². The lowest BCUT2D eigenvalue weighted by molar-refractivity contribution is -0.192. The van der Waals surface area contributed by atoms with Crippen LogP contribution in [0.5, 0.6) is 0 Å². The van der Waals surface area contributed by atoms with Crippen LogP contribution < -0.4 is 5.73 Å². The van der Waals surface area contributed by atoms with Crippen LogP contribution in [-0.4, -0.2) is 29.8 Å². The van der Waals surface area contributed by atoms with Gasteiger partial charge in [0.25, 0.3) is 0 Å². The Morgan fingerprint density at radius 2 is 1.56 bits per heavy atom. The molecule has 0 radical (unpaired) electrons. The summed E-state index contributed by atoms with van der Waals surface area (Å²) < 4.78 is 10.6. The van der Waals surface area contributed by atoms with Crippen molar-refractivity contribution in [1.82, 2.24) is 0 Å². The molecule has 0 aromatic carbocycles. The molecule has 1 saturated heterocycles. The second kappa shape index (κ2) is 4.51. The minimum Gasteiger partial charge on any atom is -0.468 e. The van der Waals surface area contributed by atoms with Gasteiger partial charge in [0, 0.05) is 12.8 Å². The van der Waals surface area contributed by atoms with Crippen molar-refractivity contribution in [3.05, 3.63) is 0 Å². The Morgan fingerprint density at radius 3 is 1.88 bits per heavy atom. The third-order valence-corrected chi connectivity index (χ3v) is 2.63. The Bertz CT molecular complexity index is 260. The van der Waals surface area contributed by atoms with E-state index in [1.165, 1.54) is 7.11 Å². The van der Waals surface area contributed by atoms with E-state index in [0.29, 0.717) is 12.8 Å². The van der Waals surface area contributed by atoms with Crippen LogP contribution in [0.1, 0.15) is 40.5 Å². The molecule has 0 amide bonds. The van der Waals surface area contributed by atoms with Crippen LogP contribution in [0, 0.1) is 0 Å². The fraction of sp³-hybridized carbons (Fsp3) is 0.909. The largest absolute Gasteiger partial charge is 0.468 e. The highest BCUT2D eigenvalue weighted by atomic mass is 35.5. The van der Waals surface area contributed by atoms with Gasteiger partial charge in [-0.1, -0.05) is 0 Å². The van der Waals surface area contributed by atoms with Crippen molar-refractivity contribution < 1.29 is 14.3 Å². The van der Waals surface area contributed by atoms with Crippen LogP contribution in [0.15, 0.2) is 0 Å². The Kier molecular flexibility index (Phi) is 4.42. The van der Waals surface area contributed by atoms with Gasteiger partial charge < -0.3 is 15.2 Å². The fourth-order valence-corrected chi connectivity index (χ4v) is 2.75. The Balaban J connectivity index is 0.00000225. The number of halogens is 1. The van der Waals surface area contributed by atoms with Gasteiger partial charge in [-0.25, -0.2) is 0 Å². The van der Waals surface area contributed by atoms with Gasteiger partial charge in [-0.3, -0.25) is 4.79 Å². The van der Waals surface area contributed by atoms with Gasteiger partial charge in [-0.05, 0) is 27.7 Å². The van der Waals surface area contributed by atoms with Gasteiger partial charge in [-0.2, -0.15) is 0 Å². The molecule has 0 aliphatic carbocycles. The van der Waals surface area contributed by atoms with E-state index in [-0.39, 0.29) is 18.4 Å².